The Kier molecular flexibility index (Phi) is 8.13. The Morgan fingerprint density at radius 1 is 0.697 bits per heavy atom. The van der Waals surface area contributed by atoms with Gasteiger partial charge in [-0.1, -0.05) is 30.3 Å². The molecule has 0 atom stereocenters. The Balaban J connectivity index is 1.56. The molecule has 0 aliphatic carbocycles. The van der Waals surface area contributed by atoms with Crippen LogP contribution in [0, 0.1) is 6.92 Å². The summed E-state index contributed by atoms with van der Waals surface area (Å²) >= 11 is 0. The fourth-order valence-electron chi connectivity index (χ4n) is 2.98. The van der Waals surface area contributed by atoms with E-state index >= 15 is 0 Å². The van der Waals surface area contributed by atoms with E-state index in [0.717, 1.165) is 5.56 Å². The van der Waals surface area contributed by atoms with Gasteiger partial charge in [0.15, 0.2) is 36.2 Å². The number of anilines is 2. The van der Waals surface area contributed by atoms with Crippen molar-refractivity contribution in [2.24, 2.45) is 0 Å². The van der Waals surface area contributed by atoms with Crippen LogP contribution in [0.15, 0.2) is 66.7 Å². The smallest absolute Gasteiger partial charge is 0.262 e. The summed E-state index contributed by atoms with van der Waals surface area (Å²) in [7, 11) is 3.07. The van der Waals surface area contributed by atoms with E-state index in [-0.39, 0.29) is 25.0 Å². The third kappa shape index (κ3) is 6.64. The molecule has 0 aromatic heterocycles. The molecule has 0 aliphatic heterocycles. The van der Waals surface area contributed by atoms with E-state index in [1.54, 1.807) is 54.6 Å². The number of ether oxygens (including phenoxy) is 4. The van der Waals surface area contributed by atoms with Crippen LogP contribution in [0.2, 0.25) is 0 Å². The Morgan fingerprint density at radius 2 is 1.18 bits per heavy atom. The maximum absolute atomic E-state index is 12.4. The van der Waals surface area contributed by atoms with Gasteiger partial charge in [-0.05, 0) is 48.9 Å². The van der Waals surface area contributed by atoms with Gasteiger partial charge in [0.25, 0.3) is 11.8 Å². The second kappa shape index (κ2) is 11.4. The van der Waals surface area contributed by atoms with E-state index in [2.05, 4.69) is 10.6 Å². The number of methoxy groups -OCH3 is 2. The predicted octanol–water partition coefficient (Wildman–Crippen LogP) is 4.05. The average molecular weight is 450 g/mol. The maximum atomic E-state index is 12.4. The van der Waals surface area contributed by atoms with Crippen LogP contribution < -0.4 is 29.6 Å². The first-order valence-corrected chi connectivity index (χ1v) is 10.2. The van der Waals surface area contributed by atoms with Gasteiger partial charge in [0, 0.05) is 11.4 Å². The van der Waals surface area contributed by atoms with Gasteiger partial charge in [0.1, 0.15) is 0 Å². The number of para-hydroxylation sites is 4. The molecule has 0 radical (unpaired) electrons. The Hall–Kier alpha value is -4.20. The van der Waals surface area contributed by atoms with Crippen LogP contribution >= 0.6 is 0 Å². The van der Waals surface area contributed by atoms with Crippen molar-refractivity contribution < 1.29 is 28.5 Å². The third-order valence-electron chi connectivity index (χ3n) is 4.65. The molecule has 0 saturated heterocycles. The Labute approximate surface area is 192 Å². The van der Waals surface area contributed by atoms with Crippen molar-refractivity contribution in [2.75, 3.05) is 38.1 Å². The Morgan fingerprint density at radius 3 is 1.70 bits per heavy atom. The number of hydrogen-bond acceptors (Lipinski definition) is 6. The van der Waals surface area contributed by atoms with Crippen molar-refractivity contribution in [3.05, 3.63) is 72.3 Å². The highest BCUT2D eigenvalue weighted by Crippen LogP contribution is 2.27. The minimum Gasteiger partial charge on any atom is -0.493 e. The van der Waals surface area contributed by atoms with E-state index < -0.39 is 0 Å². The number of carbonyl (C=O) groups excluding carboxylic acids is 2. The number of amides is 2. The summed E-state index contributed by atoms with van der Waals surface area (Å²) in [6.45, 7) is 1.47. The molecule has 0 spiro atoms. The zero-order valence-electron chi connectivity index (χ0n) is 18.7. The standard InChI is InChI=1S/C25H26N2O6/c1-17-12-13-18(26-24(28)15-32-22-10-6-4-8-20(22)30-2)14-19(17)27-25(29)16-33-23-11-7-5-9-21(23)31-3/h4-14H,15-16H2,1-3H3,(H,26,28)(H,27,29). The second-order valence-corrected chi connectivity index (χ2v) is 7.01. The van der Waals surface area contributed by atoms with Crippen LogP contribution in [-0.4, -0.2) is 39.2 Å². The quantitative estimate of drug-likeness (QED) is 0.484. The topological polar surface area (TPSA) is 95.1 Å². The van der Waals surface area contributed by atoms with Crippen LogP contribution in [0.1, 0.15) is 5.56 Å². The predicted molar refractivity (Wildman–Crippen MR) is 125 cm³/mol. The monoisotopic (exact) mass is 450 g/mol. The van der Waals surface area contributed by atoms with Crippen molar-refractivity contribution in [2.45, 2.75) is 6.92 Å². The van der Waals surface area contributed by atoms with E-state index in [9.17, 15) is 9.59 Å². The molecule has 0 fully saturated rings. The molecule has 0 bridgehead atoms. The molecule has 3 rings (SSSR count). The lowest BCUT2D eigenvalue weighted by molar-refractivity contribution is -0.118. The fraction of sp³-hybridized carbons (Fsp3) is 0.200. The molecule has 3 aromatic rings. The molecule has 0 saturated carbocycles. The van der Waals surface area contributed by atoms with E-state index in [1.807, 2.05) is 19.1 Å². The molecule has 8 heteroatoms. The first kappa shape index (κ1) is 23.5. The van der Waals surface area contributed by atoms with Gasteiger partial charge in [-0.15, -0.1) is 0 Å². The highest BCUT2D eigenvalue weighted by molar-refractivity contribution is 5.95. The summed E-state index contributed by atoms with van der Waals surface area (Å²) in [5.41, 5.74) is 1.92. The molecule has 0 aliphatic rings. The van der Waals surface area contributed by atoms with Crippen LogP contribution in [0.25, 0.3) is 0 Å². The van der Waals surface area contributed by atoms with Gasteiger partial charge in [0.05, 0.1) is 14.2 Å². The summed E-state index contributed by atoms with van der Waals surface area (Å²) in [5, 5.41) is 5.56. The first-order chi connectivity index (χ1) is 16.0. The molecular formula is C25H26N2O6. The van der Waals surface area contributed by atoms with Crippen molar-refractivity contribution in [3.63, 3.8) is 0 Å². The highest BCUT2D eigenvalue weighted by Gasteiger charge is 2.11. The lowest BCUT2D eigenvalue weighted by Crippen LogP contribution is -2.22. The fourth-order valence-corrected chi connectivity index (χ4v) is 2.98. The van der Waals surface area contributed by atoms with Gasteiger partial charge < -0.3 is 29.6 Å². The zero-order chi connectivity index (χ0) is 23.6. The Bertz CT molecular complexity index is 1120. The van der Waals surface area contributed by atoms with Crippen molar-refractivity contribution >= 4 is 23.2 Å². The van der Waals surface area contributed by atoms with Crippen molar-refractivity contribution in [3.8, 4) is 23.0 Å². The number of aryl methyl sites for hydroxylation is 1. The van der Waals surface area contributed by atoms with E-state index in [0.29, 0.717) is 34.4 Å². The second-order valence-electron chi connectivity index (χ2n) is 7.01. The average Bonchev–Trinajstić information content (AvgIpc) is 2.83. The summed E-state index contributed by atoms with van der Waals surface area (Å²) in [4.78, 5) is 24.7. The van der Waals surface area contributed by atoms with Crippen LogP contribution in [0.5, 0.6) is 23.0 Å². The number of nitrogens with one attached hydrogen (secondary N) is 2. The highest BCUT2D eigenvalue weighted by atomic mass is 16.5. The SMILES string of the molecule is COc1ccccc1OCC(=O)Nc1ccc(C)c(NC(=O)COc2ccccc2OC)c1. The third-order valence-corrected chi connectivity index (χ3v) is 4.65. The molecule has 2 N–H and O–H groups in total. The van der Waals surface area contributed by atoms with E-state index in [4.69, 9.17) is 18.9 Å². The van der Waals surface area contributed by atoms with Gasteiger partial charge in [0.2, 0.25) is 0 Å². The van der Waals surface area contributed by atoms with Gasteiger partial charge in [-0.25, -0.2) is 0 Å². The maximum Gasteiger partial charge on any atom is 0.262 e. The normalized spacial score (nSPS) is 10.2. The lowest BCUT2D eigenvalue weighted by Gasteiger charge is -2.14. The molecular weight excluding hydrogens is 424 g/mol. The summed E-state index contributed by atoms with van der Waals surface area (Å²) < 4.78 is 21.5. The van der Waals surface area contributed by atoms with Crippen molar-refractivity contribution in [1.82, 2.24) is 0 Å². The van der Waals surface area contributed by atoms with Crippen LogP contribution in [-0.2, 0) is 9.59 Å². The minimum atomic E-state index is -0.346. The zero-order valence-corrected chi connectivity index (χ0v) is 18.7. The van der Waals surface area contributed by atoms with E-state index in [1.165, 1.54) is 14.2 Å². The molecule has 0 heterocycles. The molecule has 8 nitrogen and oxygen atoms in total. The molecule has 0 unspecified atom stereocenters. The molecule has 33 heavy (non-hydrogen) atoms. The molecule has 3 aromatic carbocycles. The van der Waals surface area contributed by atoms with Gasteiger partial charge in [-0.2, -0.15) is 0 Å². The number of carbonyl (C=O) groups is 2. The minimum absolute atomic E-state index is 0.191. The molecule has 2 amide bonds. The first-order valence-electron chi connectivity index (χ1n) is 10.2. The lowest BCUT2D eigenvalue weighted by atomic mass is 10.1. The molecule has 172 valence electrons. The largest absolute Gasteiger partial charge is 0.493 e. The summed E-state index contributed by atoms with van der Waals surface area (Å²) in [6.07, 6.45) is 0. The number of benzene rings is 3. The number of rotatable bonds is 10. The van der Waals surface area contributed by atoms with Gasteiger partial charge in [-0.3, -0.25) is 9.59 Å². The van der Waals surface area contributed by atoms with Crippen molar-refractivity contribution in [1.29, 1.82) is 0 Å². The van der Waals surface area contributed by atoms with Crippen LogP contribution in [0.3, 0.4) is 0 Å². The van der Waals surface area contributed by atoms with Crippen LogP contribution in [0.4, 0.5) is 11.4 Å². The number of hydrogen-bond donors (Lipinski definition) is 2. The summed E-state index contributed by atoms with van der Waals surface area (Å²) in [6, 6.07) is 19.4. The van der Waals surface area contributed by atoms with Gasteiger partial charge >= 0.3 is 0 Å². The summed E-state index contributed by atoms with van der Waals surface area (Å²) in [5.74, 6) is 1.35.